The number of carbonyl (C=O) groups is 1. The molecule has 1 N–H and O–H groups in total. The Labute approximate surface area is 177 Å². The van der Waals surface area contributed by atoms with Crippen molar-refractivity contribution in [1.82, 2.24) is 15.1 Å². The van der Waals surface area contributed by atoms with E-state index in [0.717, 1.165) is 60.9 Å². The minimum absolute atomic E-state index is 0.00805. The fraction of sp³-hybridized carbons (Fsp3) is 0.391. The molecule has 5 nitrogen and oxygen atoms in total. The number of hydrogen-bond donors (Lipinski definition) is 1. The summed E-state index contributed by atoms with van der Waals surface area (Å²) in [6, 6.07) is 17.5. The third-order valence-electron chi connectivity index (χ3n) is 5.14. The maximum absolute atomic E-state index is 12.7. The highest BCUT2D eigenvalue weighted by Gasteiger charge is 2.14. The molecule has 0 aliphatic carbocycles. The lowest BCUT2D eigenvalue weighted by Gasteiger charge is -2.32. The Bertz CT molecular complexity index is 839. The molecule has 6 heteroatoms. The lowest BCUT2D eigenvalue weighted by Crippen LogP contribution is -2.45. The molecule has 1 heterocycles. The van der Waals surface area contributed by atoms with Crippen LogP contribution in [0.1, 0.15) is 27.9 Å². The Morgan fingerprint density at radius 2 is 1.83 bits per heavy atom. The molecule has 0 saturated carbocycles. The van der Waals surface area contributed by atoms with Gasteiger partial charge in [-0.15, -0.1) is 11.8 Å². The van der Waals surface area contributed by atoms with Crippen LogP contribution in [0.4, 0.5) is 0 Å². The van der Waals surface area contributed by atoms with E-state index in [1.807, 2.05) is 48.5 Å². The van der Waals surface area contributed by atoms with Crippen LogP contribution in [0, 0.1) is 11.3 Å². The summed E-state index contributed by atoms with van der Waals surface area (Å²) in [5, 5.41) is 12.0. The molecule has 1 aliphatic heterocycles. The molecule has 1 aliphatic rings. The SMILES string of the molecule is CN1CCN(CCCNC(=O)c2ccccc2SCc2ccc(C#N)cc2)CC1. The van der Waals surface area contributed by atoms with E-state index in [9.17, 15) is 4.79 Å². The van der Waals surface area contributed by atoms with Gasteiger partial charge in [0.15, 0.2) is 0 Å². The minimum Gasteiger partial charge on any atom is -0.352 e. The first kappa shape index (κ1) is 21.4. The summed E-state index contributed by atoms with van der Waals surface area (Å²) < 4.78 is 0. The molecule has 0 aromatic heterocycles. The van der Waals surface area contributed by atoms with Gasteiger partial charge in [-0.25, -0.2) is 0 Å². The highest BCUT2D eigenvalue weighted by molar-refractivity contribution is 7.98. The summed E-state index contributed by atoms with van der Waals surface area (Å²) in [6.45, 7) is 6.19. The van der Waals surface area contributed by atoms with Crippen molar-refractivity contribution in [3.8, 4) is 6.07 Å². The van der Waals surface area contributed by atoms with Crippen molar-refractivity contribution in [2.75, 3.05) is 46.3 Å². The predicted molar refractivity (Wildman–Crippen MR) is 118 cm³/mol. The first-order valence-electron chi connectivity index (χ1n) is 10.1. The van der Waals surface area contributed by atoms with E-state index >= 15 is 0 Å². The number of carbonyl (C=O) groups excluding carboxylic acids is 1. The summed E-state index contributed by atoms with van der Waals surface area (Å²) >= 11 is 1.65. The summed E-state index contributed by atoms with van der Waals surface area (Å²) in [7, 11) is 2.16. The summed E-state index contributed by atoms with van der Waals surface area (Å²) in [5.41, 5.74) is 2.53. The van der Waals surface area contributed by atoms with E-state index in [1.54, 1.807) is 11.8 Å². The van der Waals surface area contributed by atoms with Crippen LogP contribution >= 0.6 is 11.8 Å². The van der Waals surface area contributed by atoms with Gasteiger partial charge in [0.1, 0.15) is 0 Å². The monoisotopic (exact) mass is 408 g/mol. The number of nitrogens with zero attached hydrogens (tertiary/aromatic N) is 3. The van der Waals surface area contributed by atoms with Gasteiger partial charge in [0, 0.05) is 43.4 Å². The van der Waals surface area contributed by atoms with Crippen LogP contribution in [-0.4, -0.2) is 62.0 Å². The predicted octanol–water partition coefficient (Wildman–Crippen LogP) is 3.22. The lowest BCUT2D eigenvalue weighted by molar-refractivity contribution is 0.0946. The van der Waals surface area contributed by atoms with E-state index in [4.69, 9.17) is 5.26 Å². The maximum atomic E-state index is 12.7. The van der Waals surface area contributed by atoms with Crippen molar-refractivity contribution in [2.45, 2.75) is 17.1 Å². The molecule has 3 rings (SSSR count). The van der Waals surface area contributed by atoms with E-state index in [1.165, 1.54) is 0 Å². The van der Waals surface area contributed by atoms with Crippen LogP contribution in [0.2, 0.25) is 0 Å². The lowest BCUT2D eigenvalue weighted by atomic mass is 10.2. The maximum Gasteiger partial charge on any atom is 0.252 e. The zero-order valence-corrected chi connectivity index (χ0v) is 17.8. The zero-order chi connectivity index (χ0) is 20.5. The van der Waals surface area contributed by atoms with Crippen molar-refractivity contribution in [1.29, 1.82) is 5.26 Å². The summed E-state index contributed by atoms with van der Waals surface area (Å²) in [4.78, 5) is 18.5. The Kier molecular flexibility index (Phi) is 8.12. The molecule has 0 spiro atoms. The minimum atomic E-state index is -0.00805. The number of nitriles is 1. The Balaban J connectivity index is 1.47. The number of piperazine rings is 1. The van der Waals surface area contributed by atoms with Gasteiger partial charge in [-0.05, 0) is 49.8 Å². The van der Waals surface area contributed by atoms with Crippen LogP contribution in [0.25, 0.3) is 0 Å². The molecule has 0 atom stereocenters. The Morgan fingerprint density at radius 3 is 2.55 bits per heavy atom. The van der Waals surface area contributed by atoms with Gasteiger partial charge in [0.25, 0.3) is 5.91 Å². The van der Waals surface area contributed by atoms with Crippen LogP contribution in [0.5, 0.6) is 0 Å². The van der Waals surface area contributed by atoms with Crippen molar-refractivity contribution in [3.05, 3.63) is 65.2 Å². The van der Waals surface area contributed by atoms with Gasteiger partial charge in [0.2, 0.25) is 0 Å². The smallest absolute Gasteiger partial charge is 0.252 e. The zero-order valence-electron chi connectivity index (χ0n) is 16.9. The number of nitrogens with one attached hydrogen (secondary N) is 1. The first-order chi connectivity index (χ1) is 14.2. The highest BCUT2D eigenvalue weighted by atomic mass is 32.2. The van der Waals surface area contributed by atoms with Gasteiger partial charge in [0.05, 0.1) is 17.2 Å². The number of likely N-dealkylation sites (N-methyl/N-ethyl adjacent to an activating group) is 1. The molecule has 2 aromatic rings. The molecule has 1 saturated heterocycles. The third kappa shape index (κ3) is 6.60. The van der Waals surface area contributed by atoms with Gasteiger partial charge < -0.3 is 15.1 Å². The molecule has 2 aromatic carbocycles. The topological polar surface area (TPSA) is 59.4 Å². The molecule has 1 fully saturated rings. The Hall–Kier alpha value is -2.33. The average molecular weight is 409 g/mol. The van der Waals surface area contributed by atoms with Crippen LogP contribution < -0.4 is 5.32 Å². The first-order valence-corrected chi connectivity index (χ1v) is 11.0. The molecule has 29 heavy (non-hydrogen) atoms. The van der Waals surface area contributed by atoms with Gasteiger partial charge >= 0.3 is 0 Å². The van der Waals surface area contributed by atoms with Crippen molar-refractivity contribution in [2.24, 2.45) is 0 Å². The number of rotatable bonds is 8. The third-order valence-corrected chi connectivity index (χ3v) is 6.29. The summed E-state index contributed by atoms with van der Waals surface area (Å²) in [6.07, 6.45) is 0.968. The van der Waals surface area contributed by atoms with Gasteiger partial charge in [-0.2, -0.15) is 5.26 Å². The second-order valence-corrected chi connectivity index (χ2v) is 8.37. The van der Waals surface area contributed by atoms with E-state index < -0.39 is 0 Å². The molecule has 152 valence electrons. The second kappa shape index (κ2) is 11.0. The average Bonchev–Trinajstić information content (AvgIpc) is 2.77. The van der Waals surface area contributed by atoms with E-state index in [0.29, 0.717) is 12.1 Å². The standard InChI is InChI=1S/C23H28N4OS/c1-26-13-15-27(16-14-26)12-4-11-25-23(28)21-5-2-3-6-22(21)29-18-20-9-7-19(17-24)8-10-20/h2-3,5-10H,4,11-16,18H2,1H3,(H,25,28). The second-order valence-electron chi connectivity index (χ2n) is 7.35. The number of thioether (sulfide) groups is 1. The number of amides is 1. The highest BCUT2D eigenvalue weighted by Crippen LogP contribution is 2.26. The molecular weight excluding hydrogens is 380 g/mol. The van der Waals surface area contributed by atoms with Crippen LogP contribution in [-0.2, 0) is 5.75 Å². The molecular formula is C23H28N4OS. The van der Waals surface area contributed by atoms with Crippen molar-refractivity contribution < 1.29 is 4.79 Å². The van der Waals surface area contributed by atoms with Crippen molar-refractivity contribution >= 4 is 17.7 Å². The van der Waals surface area contributed by atoms with Crippen LogP contribution in [0.15, 0.2) is 53.4 Å². The molecule has 1 amide bonds. The van der Waals surface area contributed by atoms with Crippen molar-refractivity contribution in [3.63, 3.8) is 0 Å². The summed E-state index contributed by atoms with van der Waals surface area (Å²) in [5.74, 6) is 0.755. The fourth-order valence-electron chi connectivity index (χ4n) is 3.29. The number of benzene rings is 2. The number of hydrogen-bond acceptors (Lipinski definition) is 5. The van der Waals surface area contributed by atoms with E-state index in [-0.39, 0.29) is 5.91 Å². The molecule has 0 bridgehead atoms. The fourth-order valence-corrected chi connectivity index (χ4v) is 4.29. The quantitative estimate of drug-likeness (QED) is 0.537. The van der Waals surface area contributed by atoms with E-state index in [2.05, 4.69) is 28.2 Å². The molecule has 0 radical (unpaired) electrons. The largest absolute Gasteiger partial charge is 0.352 e. The molecule has 0 unspecified atom stereocenters. The van der Waals surface area contributed by atoms with Gasteiger partial charge in [-0.3, -0.25) is 4.79 Å². The normalized spacial score (nSPS) is 15.0. The Morgan fingerprint density at radius 1 is 1.10 bits per heavy atom. The van der Waals surface area contributed by atoms with Gasteiger partial charge in [-0.1, -0.05) is 24.3 Å². The van der Waals surface area contributed by atoms with Crippen LogP contribution in [0.3, 0.4) is 0 Å².